The van der Waals surface area contributed by atoms with Gasteiger partial charge in [-0.15, -0.1) is 0 Å². The first-order chi connectivity index (χ1) is 11.3. The van der Waals surface area contributed by atoms with Crippen molar-refractivity contribution in [1.82, 2.24) is 20.0 Å². The molecule has 1 N–H and O–H groups in total. The van der Waals surface area contributed by atoms with Crippen LogP contribution in [0.3, 0.4) is 0 Å². The molecule has 4 rings (SSSR count). The molecular formula is C18H14N4O. The highest BCUT2D eigenvalue weighted by Crippen LogP contribution is 2.21. The molecule has 5 nitrogen and oxygen atoms in total. The van der Waals surface area contributed by atoms with Crippen LogP contribution < -0.4 is 5.56 Å². The van der Waals surface area contributed by atoms with Crippen molar-refractivity contribution in [2.24, 2.45) is 0 Å². The molecule has 4 aromatic rings. The Morgan fingerprint density at radius 2 is 1.87 bits per heavy atom. The molecule has 2 aromatic heterocycles. The van der Waals surface area contributed by atoms with Gasteiger partial charge in [0.1, 0.15) is 0 Å². The van der Waals surface area contributed by atoms with Crippen LogP contribution in [0.2, 0.25) is 0 Å². The molecule has 0 aliphatic carbocycles. The lowest BCUT2D eigenvalue weighted by Gasteiger charge is -2.07. The predicted octanol–water partition coefficient (Wildman–Crippen LogP) is 2.83. The maximum Gasteiger partial charge on any atom is 0.274 e. The average molecular weight is 302 g/mol. The number of nitrogens with one attached hydrogen (secondary N) is 1. The van der Waals surface area contributed by atoms with Gasteiger partial charge in [-0.05, 0) is 17.2 Å². The van der Waals surface area contributed by atoms with Crippen LogP contribution in [-0.4, -0.2) is 20.0 Å². The summed E-state index contributed by atoms with van der Waals surface area (Å²) < 4.78 is 1.50. The Balaban J connectivity index is 1.82. The number of aromatic nitrogens is 4. The number of hydrogen-bond acceptors (Lipinski definition) is 3. The van der Waals surface area contributed by atoms with Crippen molar-refractivity contribution in [3.63, 3.8) is 0 Å². The largest absolute Gasteiger partial charge is 0.285 e. The van der Waals surface area contributed by atoms with E-state index < -0.39 is 0 Å². The van der Waals surface area contributed by atoms with Gasteiger partial charge in [0, 0.05) is 17.1 Å². The van der Waals surface area contributed by atoms with Gasteiger partial charge in [-0.25, -0.2) is 4.68 Å². The molecule has 0 unspecified atom stereocenters. The lowest BCUT2D eigenvalue weighted by Crippen LogP contribution is -2.23. The first kappa shape index (κ1) is 13.5. The van der Waals surface area contributed by atoms with E-state index in [9.17, 15) is 4.79 Å². The molecule has 0 fully saturated rings. The number of benzene rings is 2. The van der Waals surface area contributed by atoms with Gasteiger partial charge < -0.3 is 0 Å². The van der Waals surface area contributed by atoms with Crippen LogP contribution in [-0.2, 0) is 6.54 Å². The van der Waals surface area contributed by atoms with E-state index in [1.54, 1.807) is 12.4 Å². The molecule has 2 aromatic carbocycles. The summed E-state index contributed by atoms with van der Waals surface area (Å²) in [4.78, 5) is 12.7. The first-order valence-electron chi connectivity index (χ1n) is 7.34. The van der Waals surface area contributed by atoms with Crippen molar-refractivity contribution in [2.75, 3.05) is 0 Å². The minimum absolute atomic E-state index is 0.0864. The monoisotopic (exact) mass is 302 g/mol. The maximum atomic E-state index is 12.7. The zero-order valence-electron chi connectivity index (χ0n) is 12.3. The first-order valence-corrected chi connectivity index (χ1v) is 7.34. The van der Waals surface area contributed by atoms with Crippen LogP contribution in [0.1, 0.15) is 5.56 Å². The van der Waals surface area contributed by atoms with Gasteiger partial charge in [-0.3, -0.25) is 9.89 Å². The summed E-state index contributed by atoms with van der Waals surface area (Å²) in [6, 6.07) is 15.6. The van der Waals surface area contributed by atoms with Gasteiger partial charge >= 0.3 is 0 Å². The lowest BCUT2D eigenvalue weighted by atomic mass is 10.1. The zero-order chi connectivity index (χ0) is 15.6. The Morgan fingerprint density at radius 1 is 1.00 bits per heavy atom. The third kappa shape index (κ3) is 2.53. The quantitative estimate of drug-likeness (QED) is 0.633. The molecule has 23 heavy (non-hydrogen) atoms. The van der Waals surface area contributed by atoms with Gasteiger partial charge in [0.2, 0.25) is 0 Å². The number of H-pyrrole nitrogens is 1. The van der Waals surface area contributed by atoms with Gasteiger partial charge in [-0.1, -0.05) is 42.5 Å². The molecule has 5 heteroatoms. The van der Waals surface area contributed by atoms with Crippen molar-refractivity contribution in [1.29, 1.82) is 0 Å². The minimum Gasteiger partial charge on any atom is -0.285 e. The van der Waals surface area contributed by atoms with Crippen LogP contribution in [0.4, 0.5) is 0 Å². The SMILES string of the molecule is O=c1c2cc(-c3cn[nH]c3)ccc2cnn1Cc1ccccc1. The van der Waals surface area contributed by atoms with Gasteiger partial charge in [0.05, 0.1) is 24.3 Å². The average Bonchev–Trinajstić information content (AvgIpc) is 3.13. The molecule has 2 heterocycles. The fraction of sp³-hybridized carbons (Fsp3) is 0.0556. The van der Waals surface area contributed by atoms with E-state index in [1.807, 2.05) is 54.7 Å². The third-order valence-electron chi connectivity index (χ3n) is 3.86. The molecule has 0 amide bonds. The fourth-order valence-electron chi connectivity index (χ4n) is 2.63. The Morgan fingerprint density at radius 3 is 2.65 bits per heavy atom. The molecule has 0 spiro atoms. The highest BCUT2D eigenvalue weighted by Gasteiger charge is 2.07. The standard InChI is InChI=1S/C18H14N4O/c23-18-17-8-14(16-9-19-20-10-16)6-7-15(17)11-21-22(18)12-13-4-2-1-3-5-13/h1-11H,12H2,(H,19,20). The van der Waals surface area contributed by atoms with E-state index >= 15 is 0 Å². The Hall–Kier alpha value is -3.21. The second kappa shape index (κ2) is 5.53. The van der Waals surface area contributed by atoms with Crippen LogP contribution in [0.15, 0.2) is 71.9 Å². The fourth-order valence-corrected chi connectivity index (χ4v) is 2.63. The number of hydrogen-bond donors (Lipinski definition) is 1. The molecule has 112 valence electrons. The molecule has 0 aliphatic rings. The number of aromatic amines is 1. The summed E-state index contributed by atoms with van der Waals surface area (Å²) >= 11 is 0. The van der Waals surface area contributed by atoms with E-state index in [-0.39, 0.29) is 5.56 Å². The summed E-state index contributed by atoms with van der Waals surface area (Å²) in [5.41, 5.74) is 2.88. The van der Waals surface area contributed by atoms with Crippen LogP contribution in [0, 0.1) is 0 Å². The van der Waals surface area contributed by atoms with Crippen molar-refractivity contribution in [3.05, 3.63) is 83.0 Å². The van der Waals surface area contributed by atoms with E-state index in [4.69, 9.17) is 0 Å². The lowest BCUT2D eigenvalue weighted by molar-refractivity contribution is 0.647. The highest BCUT2D eigenvalue weighted by molar-refractivity contribution is 5.85. The molecule has 0 radical (unpaired) electrons. The second-order valence-corrected chi connectivity index (χ2v) is 5.38. The van der Waals surface area contributed by atoms with Gasteiger partial charge in [-0.2, -0.15) is 10.2 Å². The Labute approximate surface area is 132 Å². The van der Waals surface area contributed by atoms with Crippen molar-refractivity contribution in [3.8, 4) is 11.1 Å². The number of nitrogens with zero attached hydrogens (tertiary/aromatic N) is 3. The predicted molar refractivity (Wildman–Crippen MR) is 89.1 cm³/mol. The summed E-state index contributed by atoms with van der Waals surface area (Å²) in [6.45, 7) is 0.464. The van der Waals surface area contributed by atoms with Crippen molar-refractivity contribution < 1.29 is 0 Å². The topological polar surface area (TPSA) is 63.6 Å². The van der Waals surface area contributed by atoms with Crippen LogP contribution in [0.5, 0.6) is 0 Å². The molecular weight excluding hydrogens is 288 g/mol. The van der Waals surface area contributed by atoms with E-state index in [2.05, 4.69) is 15.3 Å². The van der Waals surface area contributed by atoms with Gasteiger partial charge in [0.15, 0.2) is 0 Å². The summed E-state index contributed by atoms with van der Waals surface area (Å²) in [7, 11) is 0. The highest BCUT2D eigenvalue weighted by atomic mass is 16.1. The summed E-state index contributed by atoms with van der Waals surface area (Å²) in [5.74, 6) is 0. The van der Waals surface area contributed by atoms with Crippen LogP contribution in [0.25, 0.3) is 21.9 Å². The van der Waals surface area contributed by atoms with Crippen molar-refractivity contribution >= 4 is 10.8 Å². The number of rotatable bonds is 3. The zero-order valence-corrected chi connectivity index (χ0v) is 12.3. The smallest absolute Gasteiger partial charge is 0.274 e. The second-order valence-electron chi connectivity index (χ2n) is 5.38. The van der Waals surface area contributed by atoms with Gasteiger partial charge in [0.25, 0.3) is 5.56 Å². The van der Waals surface area contributed by atoms with E-state index in [1.165, 1.54) is 4.68 Å². The Kier molecular flexibility index (Phi) is 3.24. The molecule has 0 bridgehead atoms. The maximum absolute atomic E-state index is 12.7. The summed E-state index contributed by atoms with van der Waals surface area (Å²) in [6.07, 6.45) is 5.29. The van der Waals surface area contributed by atoms with E-state index in [0.29, 0.717) is 11.9 Å². The molecule has 0 saturated carbocycles. The van der Waals surface area contributed by atoms with E-state index in [0.717, 1.165) is 22.1 Å². The van der Waals surface area contributed by atoms with Crippen molar-refractivity contribution in [2.45, 2.75) is 6.54 Å². The number of fused-ring (bicyclic) bond motifs is 1. The third-order valence-corrected chi connectivity index (χ3v) is 3.86. The molecule has 0 aliphatic heterocycles. The normalized spacial score (nSPS) is 11.0. The summed E-state index contributed by atoms with van der Waals surface area (Å²) in [5, 5.41) is 12.5. The van der Waals surface area contributed by atoms with Crippen LogP contribution >= 0.6 is 0 Å². The molecule has 0 atom stereocenters. The molecule has 0 saturated heterocycles. The Bertz CT molecular complexity index is 1000. The minimum atomic E-state index is -0.0864.